The fraction of sp³-hybridized carbons (Fsp3) is 0.562. The number of hydrogen-bond donors (Lipinski definition) is 1. The second-order valence-electron chi connectivity index (χ2n) is 5.61. The molecule has 1 unspecified atom stereocenters. The normalized spacial score (nSPS) is 21.5. The van der Waals surface area contributed by atoms with Crippen LogP contribution < -0.4 is 14.8 Å². The average molecular weight is 290 g/mol. The Hall–Kier alpha value is -1.75. The maximum Gasteiger partial charge on any atom is 0.253 e. The second-order valence-corrected chi connectivity index (χ2v) is 5.61. The molecule has 0 spiro atoms. The van der Waals surface area contributed by atoms with E-state index in [1.54, 1.807) is 6.07 Å². The van der Waals surface area contributed by atoms with Crippen LogP contribution in [0.4, 0.5) is 0 Å². The fourth-order valence-electron chi connectivity index (χ4n) is 2.93. The summed E-state index contributed by atoms with van der Waals surface area (Å²) in [6.07, 6.45) is 3.18. The monoisotopic (exact) mass is 290 g/mol. The van der Waals surface area contributed by atoms with Gasteiger partial charge in [-0.05, 0) is 50.6 Å². The zero-order chi connectivity index (χ0) is 14.7. The van der Waals surface area contributed by atoms with Gasteiger partial charge in [-0.25, -0.2) is 0 Å². The minimum absolute atomic E-state index is 0.0545. The number of ether oxygens (including phenoxy) is 2. The molecule has 2 heterocycles. The van der Waals surface area contributed by atoms with E-state index < -0.39 is 0 Å². The standard InChI is InChI=1S/C16H22N2O3/c1-18(13-3-2-7-17-8-6-13)16(19)12-4-5-14-15(11-12)21-10-9-20-14/h4-5,11,13,17H,2-3,6-10H2,1H3. The molecule has 1 amide bonds. The summed E-state index contributed by atoms with van der Waals surface area (Å²) in [7, 11) is 1.90. The minimum Gasteiger partial charge on any atom is -0.486 e. The van der Waals surface area contributed by atoms with Crippen molar-refractivity contribution in [1.29, 1.82) is 0 Å². The number of fused-ring (bicyclic) bond motifs is 1. The number of benzene rings is 1. The molecule has 5 heteroatoms. The summed E-state index contributed by atoms with van der Waals surface area (Å²) >= 11 is 0. The highest BCUT2D eigenvalue weighted by atomic mass is 16.6. The Balaban J connectivity index is 1.74. The predicted molar refractivity (Wildman–Crippen MR) is 80.0 cm³/mol. The van der Waals surface area contributed by atoms with Crippen LogP contribution in [-0.2, 0) is 0 Å². The molecule has 21 heavy (non-hydrogen) atoms. The third kappa shape index (κ3) is 3.13. The van der Waals surface area contributed by atoms with E-state index in [1.165, 1.54) is 0 Å². The van der Waals surface area contributed by atoms with Crippen LogP contribution >= 0.6 is 0 Å². The maximum absolute atomic E-state index is 12.7. The largest absolute Gasteiger partial charge is 0.486 e. The van der Waals surface area contributed by atoms with Gasteiger partial charge in [0, 0.05) is 18.7 Å². The first kappa shape index (κ1) is 14.2. The van der Waals surface area contributed by atoms with Crippen LogP contribution in [0, 0.1) is 0 Å². The Morgan fingerprint density at radius 1 is 1.19 bits per heavy atom. The predicted octanol–water partition coefficient (Wildman–Crippen LogP) is 1.67. The molecule has 5 nitrogen and oxygen atoms in total. The molecule has 1 aromatic rings. The van der Waals surface area contributed by atoms with E-state index in [0.717, 1.165) is 38.1 Å². The Morgan fingerprint density at radius 3 is 2.86 bits per heavy atom. The van der Waals surface area contributed by atoms with Crippen LogP contribution in [0.2, 0.25) is 0 Å². The molecule has 0 aromatic heterocycles. The summed E-state index contributed by atoms with van der Waals surface area (Å²) in [6.45, 7) is 3.12. The Labute approximate surface area is 125 Å². The lowest BCUT2D eigenvalue weighted by Gasteiger charge is -2.27. The van der Waals surface area contributed by atoms with Crippen molar-refractivity contribution in [2.24, 2.45) is 0 Å². The summed E-state index contributed by atoms with van der Waals surface area (Å²) in [6, 6.07) is 5.74. The van der Waals surface area contributed by atoms with Crippen molar-refractivity contribution in [3.05, 3.63) is 23.8 Å². The number of rotatable bonds is 2. The van der Waals surface area contributed by atoms with Gasteiger partial charge in [0.2, 0.25) is 0 Å². The number of nitrogens with zero attached hydrogens (tertiary/aromatic N) is 1. The van der Waals surface area contributed by atoms with Gasteiger partial charge in [-0.1, -0.05) is 0 Å². The van der Waals surface area contributed by atoms with E-state index in [0.29, 0.717) is 30.6 Å². The van der Waals surface area contributed by atoms with Crippen molar-refractivity contribution >= 4 is 5.91 Å². The van der Waals surface area contributed by atoms with Gasteiger partial charge in [0.05, 0.1) is 0 Å². The number of carbonyl (C=O) groups excluding carboxylic acids is 1. The summed E-state index contributed by atoms with van der Waals surface area (Å²) in [5.41, 5.74) is 0.666. The molecule has 1 N–H and O–H groups in total. The van der Waals surface area contributed by atoms with E-state index in [4.69, 9.17) is 9.47 Å². The van der Waals surface area contributed by atoms with E-state index in [-0.39, 0.29) is 5.91 Å². The summed E-state index contributed by atoms with van der Waals surface area (Å²) in [4.78, 5) is 14.5. The van der Waals surface area contributed by atoms with E-state index >= 15 is 0 Å². The first-order valence-electron chi connectivity index (χ1n) is 7.63. The van der Waals surface area contributed by atoms with Crippen LogP contribution in [0.5, 0.6) is 11.5 Å². The number of carbonyl (C=O) groups is 1. The first-order chi connectivity index (χ1) is 10.3. The average Bonchev–Trinajstić information content (AvgIpc) is 2.82. The van der Waals surface area contributed by atoms with Crippen molar-refractivity contribution in [1.82, 2.24) is 10.2 Å². The molecule has 1 atom stereocenters. The molecule has 2 aliphatic heterocycles. The minimum atomic E-state index is 0.0545. The molecule has 114 valence electrons. The molecule has 1 aromatic carbocycles. The quantitative estimate of drug-likeness (QED) is 0.900. The lowest BCUT2D eigenvalue weighted by molar-refractivity contribution is 0.0719. The summed E-state index contributed by atoms with van der Waals surface area (Å²) in [5, 5.41) is 3.38. The highest BCUT2D eigenvalue weighted by molar-refractivity contribution is 5.95. The van der Waals surface area contributed by atoms with E-state index in [1.807, 2.05) is 24.1 Å². The highest BCUT2D eigenvalue weighted by Gasteiger charge is 2.23. The third-order valence-corrected chi connectivity index (χ3v) is 4.20. The fourth-order valence-corrected chi connectivity index (χ4v) is 2.93. The molecular weight excluding hydrogens is 268 g/mol. The van der Waals surface area contributed by atoms with Crippen molar-refractivity contribution in [3.8, 4) is 11.5 Å². The third-order valence-electron chi connectivity index (χ3n) is 4.20. The van der Waals surface area contributed by atoms with Crippen LogP contribution in [0.15, 0.2) is 18.2 Å². The van der Waals surface area contributed by atoms with Crippen LogP contribution in [0.3, 0.4) is 0 Å². The van der Waals surface area contributed by atoms with Gasteiger partial charge < -0.3 is 19.7 Å². The smallest absolute Gasteiger partial charge is 0.253 e. The molecule has 0 bridgehead atoms. The molecule has 0 saturated carbocycles. The zero-order valence-electron chi connectivity index (χ0n) is 12.4. The highest BCUT2D eigenvalue weighted by Crippen LogP contribution is 2.31. The SMILES string of the molecule is CN(C(=O)c1ccc2c(c1)OCCO2)C1CCCNCC1. The topological polar surface area (TPSA) is 50.8 Å². The van der Waals surface area contributed by atoms with Gasteiger partial charge in [-0.15, -0.1) is 0 Å². The van der Waals surface area contributed by atoms with Crippen molar-refractivity contribution in [2.45, 2.75) is 25.3 Å². The van der Waals surface area contributed by atoms with Gasteiger partial charge in [0.25, 0.3) is 5.91 Å². The molecule has 1 saturated heterocycles. The van der Waals surface area contributed by atoms with Gasteiger partial charge in [0.1, 0.15) is 13.2 Å². The van der Waals surface area contributed by atoms with E-state index in [2.05, 4.69) is 5.32 Å². The van der Waals surface area contributed by atoms with Gasteiger partial charge in [0.15, 0.2) is 11.5 Å². The lowest BCUT2D eigenvalue weighted by atomic mass is 10.1. The maximum atomic E-state index is 12.7. The second kappa shape index (κ2) is 6.35. The van der Waals surface area contributed by atoms with Crippen molar-refractivity contribution in [3.63, 3.8) is 0 Å². The van der Waals surface area contributed by atoms with Crippen LogP contribution in [0.25, 0.3) is 0 Å². The van der Waals surface area contributed by atoms with Gasteiger partial charge >= 0.3 is 0 Å². The lowest BCUT2D eigenvalue weighted by Crippen LogP contribution is -2.37. The summed E-state index contributed by atoms with van der Waals surface area (Å²) < 4.78 is 11.0. The van der Waals surface area contributed by atoms with Crippen LogP contribution in [0.1, 0.15) is 29.6 Å². The zero-order valence-corrected chi connectivity index (χ0v) is 12.4. The van der Waals surface area contributed by atoms with Crippen molar-refractivity contribution < 1.29 is 14.3 Å². The summed E-state index contributed by atoms with van der Waals surface area (Å²) in [5.74, 6) is 1.45. The van der Waals surface area contributed by atoms with Gasteiger partial charge in [-0.3, -0.25) is 4.79 Å². The van der Waals surface area contributed by atoms with Crippen LogP contribution in [-0.4, -0.2) is 50.2 Å². The molecule has 0 radical (unpaired) electrons. The Morgan fingerprint density at radius 2 is 2.00 bits per heavy atom. The first-order valence-corrected chi connectivity index (χ1v) is 7.63. The molecule has 0 aliphatic carbocycles. The molecule has 2 aliphatic rings. The molecular formula is C16H22N2O3. The number of amides is 1. The Bertz CT molecular complexity index is 510. The number of hydrogen-bond acceptors (Lipinski definition) is 4. The Kier molecular flexibility index (Phi) is 4.29. The van der Waals surface area contributed by atoms with E-state index in [9.17, 15) is 4.79 Å². The molecule has 1 fully saturated rings. The molecule has 3 rings (SSSR count). The number of nitrogens with one attached hydrogen (secondary N) is 1. The van der Waals surface area contributed by atoms with Crippen molar-refractivity contribution in [2.75, 3.05) is 33.4 Å². The van der Waals surface area contributed by atoms with Gasteiger partial charge in [-0.2, -0.15) is 0 Å².